The Hall–Kier alpha value is -2.42. The van der Waals surface area contributed by atoms with Crippen LogP contribution in [-0.4, -0.2) is 49.3 Å². The van der Waals surface area contributed by atoms with Gasteiger partial charge in [-0.3, -0.25) is 4.79 Å². The van der Waals surface area contributed by atoms with Gasteiger partial charge < -0.3 is 14.1 Å². The highest BCUT2D eigenvalue weighted by Crippen LogP contribution is 2.33. The molecule has 0 saturated carbocycles. The van der Waals surface area contributed by atoms with Crippen molar-refractivity contribution in [1.29, 1.82) is 0 Å². The Morgan fingerprint density at radius 1 is 1.38 bits per heavy atom. The second-order valence-electron chi connectivity index (χ2n) is 5.57. The van der Waals surface area contributed by atoms with E-state index in [1.54, 1.807) is 29.2 Å². The predicted molar refractivity (Wildman–Crippen MR) is 83.4 cm³/mol. The summed E-state index contributed by atoms with van der Waals surface area (Å²) in [5.41, 5.74) is 0.490. The van der Waals surface area contributed by atoms with Crippen molar-refractivity contribution in [2.45, 2.75) is 24.1 Å². The lowest BCUT2D eigenvalue weighted by molar-refractivity contribution is 0.0712. The van der Waals surface area contributed by atoms with Crippen molar-refractivity contribution in [3.05, 3.63) is 35.7 Å². The molecule has 0 radical (unpaired) electrons. The fourth-order valence-electron chi connectivity index (χ4n) is 2.69. The minimum atomic E-state index is -3.57. The van der Waals surface area contributed by atoms with E-state index in [4.69, 9.17) is 9.15 Å². The molecule has 8 nitrogen and oxygen atoms in total. The third-order valence-electron chi connectivity index (χ3n) is 3.85. The standard InChI is InChI=1S/C15H17N3O5S/c1-22-11-6-3-5-10(9-11)14(19)18-8-4-7-12(18)13-16-17-15(23-13)24(2,20)21/h3,5-6,9,12H,4,7-8H2,1-2H3/t12-/m0/s1. The number of carbonyl (C=O) groups is 1. The van der Waals surface area contributed by atoms with Gasteiger partial charge in [0.05, 0.1) is 7.11 Å². The molecular weight excluding hydrogens is 334 g/mol. The van der Waals surface area contributed by atoms with Gasteiger partial charge in [0, 0.05) is 18.4 Å². The number of aromatic nitrogens is 2. The summed E-state index contributed by atoms with van der Waals surface area (Å²) in [7, 11) is -2.04. The number of amides is 1. The van der Waals surface area contributed by atoms with E-state index < -0.39 is 21.1 Å². The topological polar surface area (TPSA) is 103 Å². The van der Waals surface area contributed by atoms with Crippen molar-refractivity contribution in [2.24, 2.45) is 0 Å². The van der Waals surface area contributed by atoms with E-state index in [1.807, 2.05) is 0 Å². The molecule has 24 heavy (non-hydrogen) atoms. The van der Waals surface area contributed by atoms with Crippen LogP contribution in [0.25, 0.3) is 0 Å². The molecule has 1 aromatic carbocycles. The van der Waals surface area contributed by atoms with Crippen LogP contribution in [0.5, 0.6) is 5.75 Å². The molecule has 128 valence electrons. The zero-order valence-corrected chi connectivity index (χ0v) is 14.1. The van der Waals surface area contributed by atoms with Gasteiger partial charge in [-0.25, -0.2) is 8.42 Å². The highest BCUT2D eigenvalue weighted by atomic mass is 32.2. The third kappa shape index (κ3) is 3.12. The van der Waals surface area contributed by atoms with Gasteiger partial charge in [0.15, 0.2) is 0 Å². The molecule has 1 aromatic heterocycles. The van der Waals surface area contributed by atoms with Gasteiger partial charge in [-0.15, -0.1) is 5.10 Å². The van der Waals surface area contributed by atoms with Crippen molar-refractivity contribution < 1.29 is 22.4 Å². The minimum absolute atomic E-state index is 0.143. The van der Waals surface area contributed by atoms with Gasteiger partial charge in [-0.2, -0.15) is 0 Å². The van der Waals surface area contributed by atoms with Gasteiger partial charge in [-0.1, -0.05) is 11.2 Å². The van der Waals surface area contributed by atoms with Crippen molar-refractivity contribution in [3.8, 4) is 5.75 Å². The van der Waals surface area contributed by atoms with E-state index in [1.165, 1.54) is 7.11 Å². The first-order chi connectivity index (χ1) is 11.4. The maximum atomic E-state index is 12.8. The van der Waals surface area contributed by atoms with Gasteiger partial charge in [-0.05, 0) is 31.0 Å². The minimum Gasteiger partial charge on any atom is -0.497 e. The summed E-state index contributed by atoms with van der Waals surface area (Å²) in [4.78, 5) is 14.4. The highest BCUT2D eigenvalue weighted by Gasteiger charge is 2.35. The van der Waals surface area contributed by atoms with Gasteiger partial charge in [0.25, 0.3) is 5.91 Å². The molecule has 2 heterocycles. The SMILES string of the molecule is COc1cccc(C(=O)N2CCC[C@H]2c2nnc(S(C)(=O)=O)o2)c1. The first-order valence-corrected chi connectivity index (χ1v) is 9.28. The lowest BCUT2D eigenvalue weighted by Crippen LogP contribution is -2.30. The van der Waals surface area contributed by atoms with Gasteiger partial charge >= 0.3 is 5.22 Å². The van der Waals surface area contributed by atoms with E-state index in [9.17, 15) is 13.2 Å². The molecule has 0 N–H and O–H groups in total. The number of sulfone groups is 1. The van der Waals surface area contributed by atoms with E-state index in [-0.39, 0.29) is 11.8 Å². The fraction of sp³-hybridized carbons (Fsp3) is 0.400. The molecule has 0 unspecified atom stereocenters. The summed E-state index contributed by atoms with van der Waals surface area (Å²) in [6.45, 7) is 0.539. The number of benzene rings is 1. The fourth-order valence-corrected chi connectivity index (χ4v) is 3.12. The van der Waals surface area contributed by atoms with Crippen LogP contribution in [0.3, 0.4) is 0 Å². The molecule has 1 fully saturated rings. The van der Waals surface area contributed by atoms with Crippen LogP contribution in [0.4, 0.5) is 0 Å². The number of rotatable bonds is 4. The highest BCUT2D eigenvalue weighted by molar-refractivity contribution is 7.90. The second-order valence-corrected chi connectivity index (χ2v) is 7.46. The summed E-state index contributed by atoms with van der Waals surface area (Å²) in [6, 6.07) is 6.44. The van der Waals surface area contributed by atoms with Gasteiger partial charge in [0.1, 0.15) is 11.8 Å². The van der Waals surface area contributed by atoms with E-state index in [2.05, 4.69) is 10.2 Å². The van der Waals surface area contributed by atoms with Crippen molar-refractivity contribution in [2.75, 3.05) is 19.9 Å². The van der Waals surface area contributed by atoms with E-state index in [0.717, 1.165) is 12.7 Å². The smallest absolute Gasteiger partial charge is 0.335 e. The Kier molecular flexibility index (Phi) is 4.27. The molecule has 3 rings (SSSR count). The summed E-state index contributed by atoms with van der Waals surface area (Å²) < 4.78 is 33.4. The van der Waals surface area contributed by atoms with E-state index >= 15 is 0 Å². The Morgan fingerprint density at radius 2 is 2.17 bits per heavy atom. The van der Waals surface area contributed by atoms with Crippen LogP contribution in [0.15, 0.2) is 33.9 Å². The summed E-state index contributed by atoms with van der Waals surface area (Å²) in [5.74, 6) is 0.549. The molecule has 0 aliphatic carbocycles. The van der Waals surface area contributed by atoms with Crippen molar-refractivity contribution >= 4 is 15.7 Å². The monoisotopic (exact) mass is 351 g/mol. The molecule has 1 amide bonds. The maximum absolute atomic E-state index is 12.8. The first kappa shape index (κ1) is 16.4. The summed E-state index contributed by atoms with van der Waals surface area (Å²) in [6.07, 6.45) is 2.41. The van der Waals surface area contributed by atoms with Crippen LogP contribution >= 0.6 is 0 Å². The number of nitrogens with zero attached hydrogens (tertiary/aromatic N) is 3. The third-order valence-corrected chi connectivity index (χ3v) is 4.65. The largest absolute Gasteiger partial charge is 0.497 e. The van der Waals surface area contributed by atoms with Crippen LogP contribution < -0.4 is 4.74 Å². The number of methoxy groups -OCH3 is 1. The normalized spacial score (nSPS) is 17.9. The number of hydrogen-bond donors (Lipinski definition) is 0. The summed E-state index contributed by atoms with van der Waals surface area (Å²) >= 11 is 0. The molecule has 1 aliphatic heterocycles. The maximum Gasteiger partial charge on any atom is 0.335 e. The Labute approximate surface area is 139 Å². The number of ether oxygens (including phenoxy) is 1. The lowest BCUT2D eigenvalue weighted by atomic mass is 10.1. The number of likely N-dealkylation sites (tertiary alicyclic amines) is 1. The zero-order chi connectivity index (χ0) is 17.3. The molecule has 1 saturated heterocycles. The number of carbonyl (C=O) groups excluding carboxylic acids is 1. The lowest BCUT2D eigenvalue weighted by Gasteiger charge is -2.22. The molecular formula is C15H17N3O5S. The second kappa shape index (κ2) is 6.23. The predicted octanol–water partition coefficient (Wildman–Crippen LogP) is 1.46. The Bertz CT molecular complexity index is 861. The van der Waals surface area contributed by atoms with Crippen molar-refractivity contribution in [3.63, 3.8) is 0 Å². The van der Waals surface area contributed by atoms with E-state index in [0.29, 0.717) is 24.3 Å². The molecule has 1 aliphatic rings. The molecule has 9 heteroatoms. The average Bonchev–Trinajstić information content (AvgIpc) is 3.22. The first-order valence-electron chi connectivity index (χ1n) is 7.38. The van der Waals surface area contributed by atoms with Crippen LogP contribution in [0.2, 0.25) is 0 Å². The van der Waals surface area contributed by atoms with Crippen LogP contribution in [0.1, 0.15) is 35.1 Å². The van der Waals surface area contributed by atoms with Crippen molar-refractivity contribution in [1.82, 2.24) is 15.1 Å². The average molecular weight is 351 g/mol. The molecule has 2 aromatic rings. The molecule has 0 spiro atoms. The van der Waals surface area contributed by atoms with Gasteiger partial charge in [0.2, 0.25) is 15.7 Å². The van der Waals surface area contributed by atoms with Crippen LogP contribution in [0, 0.1) is 0 Å². The Balaban J connectivity index is 1.87. The molecule has 1 atom stereocenters. The molecule has 0 bridgehead atoms. The zero-order valence-electron chi connectivity index (χ0n) is 13.3. The quantitative estimate of drug-likeness (QED) is 0.821. The van der Waals surface area contributed by atoms with Crippen LogP contribution in [-0.2, 0) is 9.84 Å². The number of hydrogen-bond acceptors (Lipinski definition) is 7. The summed E-state index contributed by atoms with van der Waals surface area (Å²) in [5, 5.41) is 6.94. The Morgan fingerprint density at radius 3 is 2.83 bits per heavy atom.